The molecule has 3 unspecified atom stereocenters. The molecule has 110 valence electrons. The zero-order valence-corrected chi connectivity index (χ0v) is 12.0. The lowest BCUT2D eigenvalue weighted by Crippen LogP contribution is -2.15. The number of ether oxygens (including phenoxy) is 1. The van der Waals surface area contributed by atoms with Crippen LogP contribution >= 0.6 is 0 Å². The summed E-state index contributed by atoms with van der Waals surface area (Å²) in [5.41, 5.74) is 1.77. The molecule has 21 heavy (non-hydrogen) atoms. The molecular formula is C18H19FO2. The van der Waals surface area contributed by atoms with Crippen LogP contribution in [0, 0.1) is 11.7 Å². The Morgan fingerprint density at radius 3 is 2.67 bits per heavy atom. The van der Waals surface area contributed by atoms with Crippen LogP contribution in [0.4, 0.5) is 4.39 Å². The number of hydrogen-bond donors (Lipinski definition) is 1. The van der Waals surface area contributed by atoms with E-state index < -0.39 is 6.10 Å². The third-order valence-corrected chi connectivity index (χ3v) is 4.25. The maximum absolute atomic E-state index is 14.1. The third kappa shape index (κ3) is 2.93. The molecule has 0 radical (unpaired) electrons. The number of halogens is 1. The molecule has 3 rings (SSSR count). The highest BCUT2D eigenvalue weighted by molar-refractivity contribution is 5.32. The van der Waals surface area contributed by atoms with Crippen LogP contribution in [0.5, 0.6) is 5.75 Å². The van der Waals surface area contributed by atoms with Crippen molar-refractivity contribution in [2.24, 2.45) is 5.92 Å². The van der Waals surface area contributed by atoms with Crippen LogP contribution in [-0.2, 0) is 6.42 Å². The molecule has 0 aromatic heterocycles. The van der Waals surface area contributed by atoms with Gasteiger partial charge in [-0.25, -0.2) is 4.39 Å². The van der Waals surface area contributed by atoms with Crippen LogP contribution in [0.15, 0.2) is 48.5 Å². The summed E-state index contributed by atoms with van der Waals surface area (Å²) < 4.78 is 19.1. The lowest BCUT2D eigenvalue weighted by Gasteiger charge is -2.12. The molecule has 0 saturated heterocycles. The molecule has 3 heteroatoms. The average molecular weight is 286 g/mol. The molecule has 2 nitrogen and oxygen atoms in total. The number of methoxy groups -OCH3 is 1. The minimum Gasteiger partial charge on any atom is -0.494 e. The second-order valence-corrected chi connectivity index (χ2v) is 5.62. The van der Waals surface area contributed by atoms with E-state index in [1.165, 1.54) is 12.7 Å². The van der Waals surface area contributed by atoms with E-state index in [1.54, 1.807) is 18.2 Å². The van der Waals surface area contributed by atoms with Crippen molar-refractivity contribution in [1.29, 1.82) is 0 Å². The van der Waals surface area contributed by atoms with Gasteiger partial charge in [-0.3, -0.25) is 0 Å². The zero-order chi connectivity index (χ0) is 14.8. The summed E-state index contributed by atoms with van der Waals surface area (Å²) in [4.78, 5) is 0. The molecule has 0 amide bonds. The van der Waals surface area contributed by atoms with Crippen LogP contribution < -0.4 is 4.74 Å². The molecule has 1 saturated carbocycles. The Balaban J connectivity index is 1.67. The number of aliphatic hydroxyl groups is 1. The molecule has 2 aromatic carbocycles. The summed E-state index contributed by atoms with van der Waals surface area (Å²) in [5.74, 6) is 0.485. The fourth-order valence-corrected chi connectivity index (χ4v) is 2.97. The van der Waals surface area contributed by atoms with Crippen molar-refractivity contribution in [3.8, 4) is 5.75 Å². The van der Waals surface area contributed by atoms with Gasteiger partial charge >= 0.3 is 0 Å². The number of aliphatic hydroxyl groups excluding tert-OH is 1. The van der Waals surface area contributed by atoms with Crippen molar-refractivity contribution in [1.82, 2.24) is 0 Å². The molecule has 0 aliphatic heterocycles. The second-order valence-electron chi connectivity index (χ2n) is 5.62. The van der Waals surface area contributed by atoms with Crippen molar-refractivity contribution in [2.45, 2.75) is 24.9 Å². The first kappa shape index (κ1) is 14.1. The largest absolute Gasteiger partial charge is 0.494 e. The van der Waals surface area contributed by atoms with Crippen molar-refractivity contribution in [3.63, 3.8) is 0 Å². The topological polar surface area (TPSA) is 29.5 Å². The van der Waals surface area contributed by atoms with Crippen molar-refractivity contribution in [3.05, 3.63) is 65.5 Å². The van der Waals surface area contributed by atoms with E-state index in [2.05, 4.69) is 12.1 Å². The van der Waals surface area contributed by atoms with E-state index in [0.717, 1.165) is 6.42 Å². The quantitative estimate of drug-likeness (QED) is 0.911. The Bertz CT molecular complexity index is 612. The molecule has 1 aliphatic rings. The molecule has 1 fully saturated rings. The zero-order valence-electron chi connectivity index (χ0n) is 12.0. The second kappa shape index (κ2) is 5.86. The van der Waals surface area contributed by atoms with Gasteiger partial charge in [0, 0.05) is 6.42 Å². The molecule has 0 spiro atoms. The van der Waals surface area contributed by atoms with Gasteiger partial charge in [0.05, 0.1) is 13.2 Å². The number of hydrogen-bond acceptors (Lipinski definition) is 2. The monoisotopic (exact) mass is 286 g/mol. The van der Waals surface area contributed by atoms with Gasteiger partial charge in [-0.1, -0.05) is 42.5 Å². The van der Waals surface area contributed by atoms with Crippen LogP contribution in [-0.4, -0.2) is 18.3 Å². The van der Waals surface area contributed by atoms with Gasteiger partial charge in [0.15, 0.2) is 11.6 Å². The summed E-state index contributed by atoms with van der Waals surface area (Å²) in [6.07, 6.45) is 0.783. The highest BCUT2D eigenvalue weighted by Crippen LogP contribution is 2.50. The predicted octanol–water partition coefficient (Wildman–Crippen LogP) is 3.54. The Morgan fingerprint density at radius 1 is 1.19 bits per heavy atom. The van der Waals surface area contributed by atoms with Crippen molar-refractivity contribution >= 4 is 0 Å². The predicted molar refractivity (Wildman–Crippen MR) is 80.0 cm³/mol. The van der Waals surface area contributed by atoms with Crippen molar-refractivity contribution in [2.75, 3.05) is 7.11 Å². The number of benzene rings is 2. The maximum atomic E-state index is 14.1. The summed E-state index contributed by atoms with van der Waals surface area (Å²) in [6, 6.07) is 15.2. The molecule has 2 aromatic rings. The summed E-state index contributed by atoms with van der Waals surface area (Å²) in [5, 5.41) is 10.4. The normalized spacial score (nSPS) is 21.9. The van der Waals surface area contributed by atoms with E-state index >= 15 is 0 Å². The first-order valence-corrected chi connectivity index (χ1v) is 7.25. The van der Waals surface area contributed by atoms with Crippen LogP contribution in [0.3, 0.4) is 0 Å². The van der Waals surface area contributed by atoms with E-state index in [-0.39, 0.29) is 17.5 Å². The number of rotatable bonds is 5. The van der Waals surface area contributed by atoms with Gasteiger partial charge in [0.2, 0.25) is 0 Å². The van der Waals surface area contributed by atoms with E-state index in [1.807, 2.05) is 18.2 Å². The van der Waals surface area contributed by atoms with E-state index in [0.29, 0.717) is 17.9 Å². The van der Waals surface area contributed by atoms with E-state index in [9.17, 15) is 9.50 Å². The molecule has 0 heterocycles. The van der Waals surface area contributed by atoms with Crippen LogP contribution in [0.2, 0.25) is 0 Å². The Kier molecular flexibility index (Phi) is 3.93. The highest BCUT2D eigenvalue weighted by Gasteiger charge is 2.43. The minimum absolute atomic E-state index is 0.220. The first-order valence-electron chi connectivity index (χ1n) is 7.25. The van der Waals surface area contributed by atoms with Crippen LogP contribution in [0.1, 0.15) is 23.5 Å². The van der Waals surface area contributed by atoms with Crippen LogP contribution in [0.25, 0.3) is 0 Å². The Hall–Kier alpha value is -1.87. The maximum Gasteiger partial charge on any atom is 0.168 e. The first-order chi connectivity index (χ1) is 10.2. The summed E-state index contributed by atoms with van der Waals surface area (Å²) in [6.45, 7) is 0. The fourth-order valence-electron chi connectivity index (χ4n) is 2.97. The Labute approximate surface area is 124 Å². The van der Waals surface area contributed by atoms with Gasteiger partial charge in [0.1, 0.15) is 0 Å². The molecule has 3 atom stereocenters. The average Bonchev–Trinajstić information content (AvgIpc) is 3.31. The van der Waals surface area contributed by atoms with Crippen molar-refractivity contribution < 1.29 is 14.2 Å². The lowest BCUT2D eigenvalue weighted by molar-refractivity contribution is 0.148. The van der Waals surface area contributed by atoms with Gasteiger partial charge < -0.3 is 9.84 Å². The lowest BCUT2D eigenvalue weighted by atomic mass is 10.0. The SMILES string of the molecule is COc1cccc(CC(O)C2CC2c2ccccc2)c1F. The third-order valence-electron chi connectivity index (χ3n) is 4.25. The molecular weight excluding hydrogens is 267 g/mol. The Morgan fingerprint density at radius 2 is 1.95 bits per heavy atom. The minimum atomic E-state index is -0.517. The smallest absolute Gasteiger partial charge is 0.168 e. The molecule has 1 aliphatic carbocycles. The van der Waals surface area contributed by atoms with E-state index in [4.69, 9.17) is 4.74 Å². The van der Waals surface area contributed by atoms with Gasteiger partial charge in [-0.05, 0) is 35.4 Å². The molecule has 0 bridgehead atoms. The van der Waals surface area contributed by atoms with Gasteiger partial charge in [-0.2, -0.15) is 0 Å². The summed E-state index contributed by atoms with van der Waals surface area (Å²) >= 11 is 0. The standard InChI is InChI=1S/C18H19FO2/c1-21-17-9-5-8-13(18(17)19)10-16(20)15-11-14(15)12-6-3-2-4-7-12/h2-9,14-16,20H,10-11H2,1H3. The fraction of sp³-hybridized carbons (Fsp3) is 0.333. The van der Waals surface area contributed by atoms with Gasteiger partial charge in [0.25, 0.3) is 0 Å². The van der Waals surface area contributed by atoms with Gasteiger partial charge in [-0.15, -0.1) is 0 Å². The highest BCUT2D eigenvalue weighted by atomic mass is 19.1. The summed E-state index contributed by atoms with van der Waals surface area (Å²) in [7, 11) is 1.45. The molecule has 1 N–H and O–H groups in total.